The Hall–Kier alpha value is -3.23. The summed E-state index contributed by atoms with van der Waals surface area (Å²) >= 11 is 0. The Morgan fingerprint density at radius 3 is 2.83 bits per heavy atom. The lowest BCUT2D eigenvalue weighted by Crippen LogP contribution is -2.45. The number of carbonyl (C=O) groups is 1. The Labute approximate surface area is 167 Å². The van der Waals surface area contributed by atoms with Gasteiger partial charge in [0.1, 0.15) is 18.3 Å². The molecule has 2 atom stereocenters. The van der Waals surface area contributed by atoms with Gasteiger partial charge < -0.3 is 15.2 Å². The summed E-state index contributed by atoms with van der Waals surface area (Å²) in [5, 5.41) is 23.6. The van der Waals surface area contributed by atoms with Crippen LogP contribution in [0.5, 0.6) is 5.75 Å². The lowest BCUT2D eigenvalue weighted by Gasteiger charge is -2.18. The molecule has 3 heterocycles. The number of fused-ring (bicyclic) bond motifs is 1. The molecular weight excluding hydrogens is 370 g/mol. The average Bonchev–Trinajstić information content (AvgIpc) is 3.44. The van der Waals surface area contributed by atoms with E-state index in [-0.39, 0.29) is 17.9 Å². The fourth-order valence-corrected chi connectivity index (χ4v) is 3.77. The topological polar surface area (TPSA) is 112 Å². The number of pyridine rings is 1. The largest absolute Gasteiger partial charge is 0.488 e. The Bertz CT molecular complexity index is 1030. The maximum Gasteiger partial charge on any atom is 0.246 e. The molecule has 148 valence electrons. The molecule has 8 heteroatoms. The van der Waals surface area contributed by atoms with Crippen LogP contribution in [0.15, 0.2) is 54.7 Å². The van der Waals surface area contributed by atoms with Gasteiger partial charge in [0, 0.05) is 17.3 Å². The van der Waals surface area contributed by atoms with Crippen LogP contribution in [0.1, 0.15) is 36.0 Å². The quantitative estimate of drug-likeness (QED) is 0.494. The average molecular weight is 391 g/mol. The fraction of sp³-hybridized carbons (Fsp3) is 0.286. The number of ether oxygens (including phenoxy) is 1. The molecule has 1 unspecified atom stereocenters. The van der Waals surface area contributed by atoms with E-state index >= 15 is 0 Å². The zero-order valence-corrected chi connectivity index (χ0v) is 15.6. The Balaban J connectivity index is 1.30. The van der Waals surface area contributed by atoms with E-state index in [2.05, 4.69) is 37.9 Å². The maximum absolute atomic E-state index is 12.5. The molecule has 2 aromatic heterocycles. The summed E-state index contributed by atoms with van der Waals surface area (Å²) in [6.07, 6.45) is 2.54. The minimum atomic E-state index is -1.11. The summed E-state index contributed by atoms with van der Waals surface area (Å²) in [7, 11) is 0. The molecule has 29 heavy (non-hydrogen) atoms. The number of carbonyl (C=O) groups excluding carboxylic acids is 1. The number of hydrogen-bond donors (Lipinski definition) is 4. The number of rotatable bonds is 5. The van der Waals surface area contributed by atoms with Crippen LogP contribution >= 0.6 is 0 Å². The van der Waals surface area contributed by atoms with Gasteiger partial charge in [-0.05, 0) is 36.6 Å². The van der Waals surface area contributed by atoms with E-state index in [0.717, 1.165) is 18.5 Å². The smallest absolute Gasteiger partial charge is 0.246 e. The van der Waals surface area contributed by atoms with Crippen LogP contribution in [0.3, 0.4) is 0 Å². The number of aromatic amines is 1. The standard InChI is InChI=1S/C21H21N5O3/c27-19(23-15-12-29-16-7-4-10-22-18(16)24-20(15)28)14-11-17(26-25-14)21(8-9-21)13-5-2-1-3-6-13/h1-7,10-11,15,19,23,27H,8-9,12H2,(H,25,26)(H,22,24,28)/t15-,19?/m0/s1. The zero-order chi connectivity index (χ0) is 19.8. The van der Waals surface area contributed by atoms with Crippen molar-refractivity contribution in [3.8, 4) is 5.75 Å². The first-order valence-corrected chi connectivity index (χ1v) is 9.60. The molecule has 4 N–H and O–H groups in total. The molecule has 1 saturated carbocycles. The Kier molecular flexibility index (Phi) is 4.30. The first-order chi connectivity index (χ1) is 14.2. The predicted molar refractivity (Wildman–Crippen MR) is 105 cm³/mol. The molecule has 3 aromatic rings. The van der Waals surface area contributed by atoms with Crippen LogP contribution in [0.2, 0.25) is 0 Å². The van der Waals surface area contributed by atoms with Gasteiger partial charge in [-0.2, -0.15) is 5.10 Å². The van der Waals surface area contributed by atoms with Crippen molar-refractivity contribution in [2.24, 2.45) is 0 Å². The number of nitrogens with zero attached hydrogens (tertiary/aromatic N) is 2. The van der Waals surface area contributed by atoms with Crippen molar-refractivity contribution < 1.29 is 14.6 Å². The molecule has 0 spiro atoms. The zero-order valence-electron chi connectivity index (χ0n) is 15.6. The van der Waals surface area contributed by atoms with E-state index in [9.17, 15) is 9.90 Å². The lowest BCUT2D eigenvalue weighted by molar-refractivity contribution is -0.119. The molecule has 1 aliphatic carbocycles. The van der Waals surface area contributed by atoms with E-state index in [1.807, 2.05) is 24.3 Å². The summed E-state index contributed by atoms with van der Waals surface area (Å²) in [6.45, 7) is 0.0762. The number of anilines is 1. The Morgan fingerprint density at radius 1 is 1.21 bits per heavy atom. The molecule has 2 aliphatic rings. The van der Waals surface area contributed by atoms with Gasteiger partial charge in [-0.15, -0.1) is 0 Å². The van der Waals surface area contributed by atoms with Crippen LogP contribution < -0.4 is 15.4 Å². The van der Waals surface area contributed by atoms with E-state index in [0.29, 0.717) is 17.3 Å². The third-order valence-corrected chi connectivity index (χ3v) is 5.56. The highest BCUT2D eigenvalue weighted by Gasteiger charge is 2.47. The number of aliphatic hydroxyl groups is 1. The number of H-pyrrole nitrogens is 1. The fourth-order valence-electron chi connectivity index (χ4n) is 3.77. The number of hydrogen-bond acceptors (Lipinski definition) is 6. The summed E-state index contributed by atoms with van der Waals surface area (Å²) in [4.78, 5) is 16.6. The van der Waals surface area contributed by atoms with E-state index < -0.39 is 12.3 Å². The van der Waals surface area contributed by atoms with Crippen molar-refractivity contribution in [2.45, 2.75) is 30.5 Å². The van der Waals surface area contributed by atoms with Crippen LogP contribution in [0, 0.1) is 0 Å². The SMILES string of the molecule is O=C1Nc2ncccc2OC[C@@H]1NC(O)c1cc(C2(c3ccccc3)CC2)[nH]n1. The highest BCUT2D eigenvalue weighted by molar-refractivity contribution is 5.95. The number of nitrogens with one attached hydrogen (secondary N) is 3. The number of aromatic nitrogens is 3. The van der Waals surface area contributed by atoms with Gasteiger partial charge in [0.05, 0.1) is 0 Å². The van der Waals surface area contributed by atoms with Gasteiger partial charge >= 0.3 is 0 Å². The second-order valence-electron chi connectivity index (χ2n) is 7.43. The molecule has 1 aliphatic heterocycles. The normalized spacial score (nSPS) is 20.7. The number of aliphatic hydroxyl groups excluding tert-OH is 1. The van der Waals surface area contributed by atoms with E-state index in [1.54, 1.807) is 18.3 Å². The van der Waals surface area contributed by atoms with Crippen molar-refractivity contribution in [1.29, 1.82) is 0 Å². The second-order valence-corrected chi connectivity index (χ2v) is 7.43. The highest BCUT2D eigenvalue weighted by Crippen LogP contribution is 2.52. The first-order valence-electron chi connectivity index (χ1n) is 9.60. The molecule has 0 radical (unpaired) electrons. The molecule has 0 bridgehead atoms. The maximum atomic E-state index is 12.5. The molecule has 1 aromatic carbocycles. The van der Waals surface area contributed by atoms with Crippen molar-refractivity contribution in [3.63, 3.8) is 0 Å². The molecule has 0 saturated heterocycles. The molecule has 1 amide bonds. The summed E-state index contributed by atoms with van der Waals surface area (Å²) in [6, 6.07) is 14.9. The van der Waals surface area contributed by atoms with Crippen LogP contribution in [0.25, 0.3) is 0 Å². The summed E-state index contributed by atoms with van der Waals surface area (Å²) in [5.74, 6) is 0.553. The van der Waals surface area contributed by atoms with Crippen molar-refractivity contribution in [3.05, 3.63) is 71.7 Å². The van der Waals surface area contributed by atoms with Crippen molar-refractivity contribution in [2.75, 3.05) is 11.9 Å². The van der Waals surface area contributed by atoms with Crippen LogP contribution in [-0.2, 0) is 10.2 Å². The van der Waals surface area contributed by atoms with E-state index in [4.69, 9.17) is 4.74 Å². The van der Waals surface area contributed by atoms with Gasteiger partial charge in [-0.3, -0.25) is 15.2 Å². The van der Waals surface area contributed by atoms with Crippen molar-refractivity contribution in [1.82, 2.24) is 20.5 Å². The summed E-state index contributed by atoms with van der Waals surface area (Å²) < 4.78 is 5.65. The predicted octanol–water partition coefficient (Wildman–Crippen LogP) is 1.86. The first kappa shape index (κ1) is 17.8. The lowest BCUT2D eigenvalue weighted by atomic mass is 9.92. The molecular formula is C21H21N5O3. The number of amides is 1. The van der Waals surface area contributed by atoms with Gasteiger partial charge in [-0.25, -0.2) is 4.98 Å². The molecule has 1 fully saturated rings. The van der Waals surface area contributed by atoms with Gasteiger partial charge in [0.15, 0.2) is 17.8 Å². The van der Waals surface area contributed by atoms with E-state index in [1.165, 1.54) is 5.56 Å². The molecule has 5 rings (SSSR count). The van der Waals surface area contributed by atoms with Crippen LogP contribution in [-0.4, -0.2) is 38.8 Å². The van der Waals surface area contributed by atoms with Gasteiger partial charge in [-0.1, -0.05) is 30.3 Å². The van der Waals surface area contributed by atoms with Gasteiger partial charge in [0.2, 0.25) is 5.91 Å². The third kappa shape index (κ3) is 3.26. The minimum absolute atomic E-state index is 0.0671. The van der Waals surface area contributed by atoms with Crippen molar-refractivity contribution >= 4 is 11.7 Å². The molecule has 8 nitrogen and oxygen atoms in total. The summed E-state index contributed by atoms with van der Waals surface area (Å²) in [5.41, 5.74) is 2.58. The minimum Gasteiger partial charge on any atom is -0.488 e. The van der Waals surface area contributed by atoms with Gasteiger partial charge in [0.25, 0.3) is 0 Å². The second kappa shape index (κ2) is 6.98. The van der Waals surface area contributed by atoms with Crippen LogP contribution in [0.4, 0.5) is 5.82 Å². The number of benzene rings is 1. The Morgan fingerprint density at radius 2 is 2.03 bits per heavy atom. The monoisotopic (exact) mass is 391 g/mol. The highest BCUT2D eigenvalue weighted by atomic mass is 16.5. The third-order valence-electron chi connectivity index (χ3n) is 5.56.